The van der Waals surface area contributed by atoms with Crippen molar-refractivity contribution in [1.29, 1.82) is 0 Å². The molecule has 0 aromatic carbocycles. The molecule has 0 unspecified atom stereocenters. The zero-order valence-electron chi connectivity index (χ0n) is 13.0. The first-order chi connectivity index (χ1) is 9.72. The number of amides is 1. The van der Waals surface area contributed by atoms with E-state index in [-0.39, 0.29) is 12.2 Å². The standard InChI is InChI=1S/C15H25NO5/c1-14(2,3)21-13(19)16-9-4-6-11(10-16)20-15(12(17)18)7-5-8-15/h11H,4-10H2,1-3H3,(H,17,18)/p-1/t11-/m1/s1. The quantitative estimate of drug-likeness (QED) is 0.779. The number of hydrogen-bond acceptors (Lipinski definition) is 5. The molecule has 1 amide bonds. The predicted octanol–water partition coefficient (Wildman–Crippen LogP) is 1.08. The normalized spacial score (nSPS) is 25.1. The van der Waals surface area contributed by atoms with Gasteiger partial charge in [-0.1, -0.05) is 0 Å². The number of carbonyl (C=O) groups excluding carboxylic acids is 2. The van der Waals surface area contributed by atoms with Crippen LogP contribution in [0.2, 0.25) is 0 Å². The van der Waals surface area contributed by atoms with Crippen LogP contribution in [0.15, 0.2) is 0 Å². The summed E-state index contributed by atoms with van der Waals surface area (Å²) >= 11 is 0. The summed E-state index contributed by atoms with van der Waals surface area (Å²) in [6.07, 6.45) is 2.75. The lowest BCUT2D eigenvalue weighted by Gasteiger charge is -2.46. The summed E-state index contributed by atoms with van der Waals surface area (Å²) in [5, 5.41) is 11.2. The molecular formula is C15H24NO5-. The molecule has 0 spiro atoms. The van der Waals surface area contributed by atoms with Crippen LogP contribution in [-0.2, 0) is 14.3 Å². The average Bonchev–Trinajstić information content (AvgIpc) is 2.31. The van der Waals surface area contributed by atoms with Gasteiger partial charge in [-0.25, -0.2) is 4.79 Å². The van der Waals surface area contributed by atoms with Crippen molar-refractivity contribution in [3.8, 4) is 0 Å². The van der Waals surface area contributed by atoms with Crippen LogP contribution in [0.4, 0.5) is 4.79 Å². The van der Waals surface area contributed by atoms with Gasteiger partial charge >= 0.3 is 6.09 Å². The Kier molecular flexibility index (Phi) is 4.46. The summed E-state index contributed by atoms with van der Waals surface area (Å²) in [4.78, 5) is 24.9. The van der Waals surface area contributed by atoms with Gasteiger partial charge in [-0.15, -0.1) is 0 Å². The number of carboxylic acids is 1. The van der Waals surface area contributed by atoms with Crippen molar-refractivity contribution in [3.63, 3.8) is 0 Å². The molecule has 1 atom stereocenters. The van der Waals surface area contributed by atoms with Gasteiger partial charge in [-0.2, -0.15) is 0 Å². The molecule has 0 N–H and O–H groups in total. The van der Waals surface area contributed by atoms with Gasteiger partial charge in [0.15, 0.2) is 0 Å². The van der Waals surface area contributed by atoms with E-state index in [1.807, 2.05) is 20.8 Å². The maximum absolute atomic E-state index is 12.1. The Hall–Kier alpha value is -1.30. The topological polar surface area (TPSA) is 78.9 Å². The van der Waals surface area contributed by atoms with Crippen LogP contribution in [0.5, 0.6) is 0 Å². The first-order valence-corrected chi connectivity index (χ1v) is 7.59. The summed E-state index contributed by atoms with van der Waals surface area (Å²) in [5.74, 6) is -1.14. The minimum atomic E-state index is -1.14. The maximum Gasteiger partial charge on any atom is 0.410 e. The molecule has 0 radical (unpaired) electrons. The molecule has 0 aromatic rings. The van der Waals surface area contributed by atoms with Crippen LogP contribution >= 0.6 is 0 Å². The van der Waals surface area contributed by atoms with E-state index in [0.29, 0.717) is 25.9 Å². The van der Waals surface area contributed by atoms with Crippen molar-refractivity contribution in [1.82, 2.24) is 4.90 Å². The zero-order chi connectivity index (χ0) is 15.7. The summed E-state index contributed by atoms with van der Waals surface area (Å²) in [7, 11) is 0. The first-order valence-electron chi connectivity index (χ1n) is 7.59. The van der Waals surface area contributed by atoms with Gasteiger partial charge in [0.1, 0.15) is 11.2 Å². The molecule has 6 nitrogen and oxygen atoms in total. The summed E-state index contributed by atoms with van der Waals surface area (Å²) in [6, 6.07) is 0. The number of carbonyl (C=O) groups is 2. The van der Waals surface area contributed by atoms with Gasteiger partial charge in [0.05, 0.1) is 18.6 Å². The Morgan fingerprint density at radius 2 is 1.90 bits per heavy atom. The Balaban J connectivity index is 1.92. The summed E-state index contributed by atoms with van der Waals surface area (Å²) < 4.78 is 11.1. The number of carboxylic acid groups (broad SMARTS) is 1. The lowest BCUT2D eigenvalue weighted by atomic mass is 9.79. The fourth-order valence-corrected chi connectivity index (χ4v) is 2.71. The highest BCUT2D eigenvalue weighted by Gasteiger charge is 2.42. The van der Waals surface area contributed by atoms with E-state index >= 15 is 0 Å². The number of piperidine rings is 1. The van der Waals surface area contributed by atoms with E-state index in [9.17, 15) is 14.7 Å². The molecule has 6 heteroatoms. The SMILES string of the molecule is CC(C)(C)OC(=O)N1CCC[C@@H](OC2(C(=O)[O-])CCC2)C1. The second-order valence-electron chi connectivity index (χ2n) is 6.94. The van der Waals surface area contributed by atoms with E-state index < -0.39 is 17.2 Å². The minimum Gasteiger partial charge on any atom is -0.547 e. The van der Waals surface area contributed by atoms with Gasteiger partial charge in [0.25, 0.3) is 0 Å². The lowest BCUT2D eigenvalue weighted by Crippen LogP contribution is -2.58. The molecule has 1 heterocycles. The maximum atomic E-state index is 12.1. The average molecular weight is 298 g/mol. The van der Waals surface area contributed by atoms with Crippen LogP contribution in [-0.4, -0.2) is 47.4 Å². The van der Waals surface area contributed by atoms with Gasteiger partial charge in [-0.05, 0) is 52.9 Å². The third-order valence-corrected chi connectivity index (χ3v) is 3.96. The van der Waals surface area contributed by atoms with Gasteiger partial charge < -0.3 is 24.3 Å². The smallest absolute Gasteiger partial charge is 0.410 e. The van der Waals surface area contributed by atoms with Crippen LogP contribution in [0.3, 0.4) is 0 Å². The molecule has 2 aliphatic rings. The van der Waals surface area contributed by atoms with E-state index in [1.54, 1.807) is 4.90 Å². The number of ether oxygens (including phenoxy) is 2. The summed E-state index contributed by atoms with van der Waals surface area (Å²) in [5.41, 5.74) is -1.67. The highest BCUT2D eigenvalue weighted by molar-refractivity contribution is 5.76. The molecule has 2 rings (SSSR count). The van der Waals surface area contributed by atoms with E-state index in [0.717, 1.165) is 19.3 Å². The third kappa shape index (κ3) is 3.87. The van der Waals surface area contributed by atoms with Crippen molar-refractivity contribution < 1.29 is 24.2 Å². The van der Waals surface area contributed by atoms with Crippen LogP contribution in [0, 0.1) is 0 Å². The Bertz CT molecular complexity index is 411. The highest BCUT2D eigenvalue weighted by atomic mass is 16.6. The zero-order valence-corrected chi connectivity index (χ0v) is 13.0. The van der Waals surface area contributed by atoms with E-state index in [2.05, 4.69) is 0 Å². The largest absolute Gasteiger partial charge is 0.547 e. The van der Waals surface area contributed by atoms with Gasteiger partial charge in [0.2, 0.25) is 0 Å². The fourth-order valence-electron chi connectivity index (χ4n) is 2.71. The molecule has 1 aliphatic heterocycles. The number of nitrogens with zero attached hydrogens (tertiary/aromatic N) is 1. The van der Waals surface area contributed by atoms with Crippen molar-refractivity contribution in [3.05, 3.63) is 0 Å². The van der Waals surface area contributed by atoms with Crippen molar-refractivity contribution in [2.24, 2.45) is 0 Å². The Morgan fingerprint density at radius 1 is 1.24 bits per heavy atom. The Labute approximate surface area is 125 Å². The number of hydrogen-bond donors (Lipinski definition) is 0. The third-order valence-electron chi connectivity index (χ3n) is 3.96. The molecule has 1 saturated heterocycles. The van der Waals surface area contributed by atoms with E-state index in [1.165, 1.54) is 0 Å². The molecular weight excluding hydrogens is 274 g/mol. The molecule has 21 heavy (non-hydrogen) atoms. The molecule has 1 saturated carbocycles. The molecule has 1 aliphatic carbocycles. The van der Waals surface area contributed by atoms with Gasteiger partial charge in [-0.3, -0.25) is 0 Å². The Morgan fingerprint density at radius 3 is 2.38 bits per heavy atom. The van der Waals surface area contributed by atoms with Crippen LogP contribution in [0.1, 0.15) is 52.9 Å². The van der Waals surface area contributed by atoms with Crippen LogP contribution in [0.25, 0.3) is 0 Å². The lowest BCUT2D eigenvalue weighted by molar-refractivity contribution is -0.337. The van der Waals surface area contributed by atoms with Crippen molar-refractivity contribution in [2.45, 2.75) is 70.2 Å². The molecule has 0 aromatic heterocycles. The minimum absolute atomic E-state index is 0.260. The first kappa shape index (κ1) is 16.1. The fraction of sp³-hybridized carbons (Fsp3) is 0.867. The van der Waals surface area contributed by atoms with Gasteiger partial charge in [0, 0.05) is 6.54 Å². The molecule has 0 bridgehead atoms. The number of rotatable bonds is 3. The number of aliphatic carboxylic acids is 1. The number of likely N-dealkylation sites (tertiary alicyclic amines) is 1. The monoisotopic (exact) mass is 298 g/mol. The van der Waals surface area contributed by atoms with Crippen molar-refractivity contribution in [2.75, 3.05) is 13.1 Å². The predicted molar refractivity (Wildman–Crippen MR) is 73.5 cm³/mol. The van der Waals surface area contributed by atoms with E-state index in [4.69, 9.17) is 9.47 Å². The molecule has 120 valence electrons. The second-order valence-corrected chi connectivity index (χ2v) is 6.94. The molecule has 2 fully saturated rings. The second kappa shape index (κ2) is 5.83. The van der Waals surface area contributed by atoms with Crippen LogP contribution < -0.4 is 5.11 Å². The van der Waals surface area contributed by atoms with Crippen molar-refractivity contribution >= 4 is 12.1 Å². The highest BCUT2D eigenvalue weighted by Crippen LogP contribution is 2.37. The summed E-state index contributed by atoms with van der Waals surface area (Å²) in [6.45, 7) is 6.46.